The lowest BCUT2D eigenvalue weighted by Gasteiger charge is -2.15. The number of thioether (sulfide) groups is 1. The van der Waals surface area contributed by atoms with Crippen LogP contribution in [0.5, 0.6) is 5.75 Å². The summed E-state index contributed by atoms with van der Waals surface area (Å²) in [5.74, 6) is 1.63. The van der Waals surface area contributed by atoms with Gasteiger partial charge in [-0.1, -0.05) is 36.0 Å². The molecule has 2 aromatic heterocycles. The molecule has 5 aromatic rings. The van der Waals surface area contributed by atoms with Gasteiger partial charge in [0.05, 0.1) is 16.0 Å². The number of hydrogen-bond donors (Lipinski definition) is 1. The lowest BCUT2D eigenvalue weighted by Crippen LogP contribution is -2.15. The second-order valence-corrected chi connectivity index (χ2v) is 10.8. The molecule has 188 valence electrons. The second kappa shape index (κ2) is 10.7. The minimum absolute atomic E-state index is 0.109. The number of carbonyl (C=O) groups excluding carboxylic acids is 1. The molecule has 1 N–H and O–H groups in total. The van der Waals surface area contributed by atoms with Crippen LogP contribution < -0.4 is 10.1 Å². The molecule has 37 heavy (non-hydrogen) atoms. The van der Waals surface area contributed by atoms with Crippen molar-refractivity contribution in [3.05, 3.63) is 83.7 Å². The molecule has 0 aliphatic rings. The third-order valence-electron chi connectivity index (χ3n) is 5.92. The van der Waals surface area contributed by atoms with Crippen molar-refractivity contribution in [2.75, 3.05) is 11.1 Å². The number of aryl methyl sites for hydroxylation is 2. The Morgan fingerprint density at radius 1 is 1.08 bits per heavy atom. The number of benzene rings is 3. The highest BCUT2D eigenvalue weighted by molar-refractivity contribution is 7.99. The van der Waals surface area contributed by atoms with E-state index in [1.807, 2.05) is 74.0 Å². The van der Waals surface area contributed by atoms with Crippen molar-refractivity contribution < 1.29 is 9.53 Å². The van der Waals surface area contributed by atoms with Gasteiger partial charge in [-0.05, 0) is 74.4 Å². The molecule has 7 nitrogen and oxygen atoms in total. The lowest BCUT2D eigenvalue weighted by molar-refractivity contribution is -0.113. The molecule has 0 fully saturated rings. The van der Waals surface area contributed by atoms with Crippen molar-refractivity contribution in [3.8, 4) is 16.3 Å². The maximum absolute atomic E-state index is 12.6. The number of nitrogens with one attached hydrogen (secondary N) is 1. The molecule has 0 aliphatic heterocycles. The first-order valence-electron chi connectivity index (χ1n) is 11.9. The van der Waals surface area contributed by atoms with Gasteiger partial charge in [0.15, 0.2) is 17.1 Å². The Morgan fingerprint density at radius 3 is 2.65 bits per heavy atom. The number of fused-ring (bicyclic) bond motifs is 1. The molecule has 5 rings (SSSR count). The maximum Gasteiger partial charge on any atom is 0.234 e. The predicted molar refractivity (Wildman–Crippen MR) is 150 cm³/mol. The van der Waals surface area contributed by atoms with E-state index in [1.165, 1.54) is 22.0 Å². The van der Waals surface area contributed by atoms with Crippen molar-refractivity contribution in [3.63, 3.8) is 0 Å². The topological polar surface area (TPSA) is 81.9 Å². The number of aromatic nitrogens is 4. The summed E-state index contributed by atoms with van der Waals surface area (Å²) in [5.41, 5.74) is 5.06. The van der Waals surface area contributed by atoms with Crippen LogP contribution in [-0.4, -0.2) is 31.4 Å². The number of carbonyl (C=O) groups is 1. The van der Waals surface area contributed by atoms with Crippen molar-refractivity contribution >= 4 is 44.9 Å². The molecule has 0 bridgehead atoms. The summed E-state index contributed by atoms with van der Waals surface area (Å²) < 4.78 is 9.12. The number of amides is 1. The Kier molecular flexibility index (Phi) is 7.25. The Labute approximate surface area is 223 Å². The number of thiazole rings is 1. The molecule has 0 aliphatic carbocycles. The number of nitrogens with zero attached hydrogens (tertiary/aromatic N) is 4. The molecule has 3 aromatic carbocycles. The zero-order chi connectivity index (χ0) is 25.9. The van der Waals surface area contributed by atoms with Gasteiger partial charge in [0, 0.05) is 18.3 Å². The monoisotopic (exact) mass is 529 g/mol. The summed E-state index contributed by atoms with van der Waals surface area (Å²) in [6, 6.07) is 21.9. The fraction of sp³-hybridized carbons (Fsp3) is 0.214. The Morgan fingerprint density at radius 2 is 1.86 bits per heavy atom. The highest BCUT2D eigenvalue weighted by atomic mass is 32.2. The van der Waals surface area contributed by atoms with E-state index in [0.29, 0.717) is 11.0 Å². The van der Waals surface area contributed by atoms with Crippen LogP contribution in [0, 0.1) is 13.8 Å². The number of para-hydroxylation sites is 1. The summed E-state index contributed by atoms with van der Waals surface area (Å²) in [6.45, 7) is 6.03. The summed E-state index contributed by atoms with van der Waals surface area (Å²) in [7, 11) is 1.88. The molecular weight excluding hydrogens is 502 g/mol. The van der Waals surface area contributed by atoms with Gasteiger partial charge in [0.25, 0.3) is 0 Å². The lowest BCUT2D eigenvalue weighted by atomic mass is 10.2. The molecule has 0 radical (unpaired) electrons. The van der Waals surface area contributed by atoms with Crippen LogP contribution in [0.1, 0.15) is 30.0 Å². The van der Waals surface area contributed by atoms with E-state index in [1.54, 1.807) is 11.3 Å². The molecule has 2 heterocycles. The van der Waals surface area contributed by atoms with Crippen LogP contribution in [0.2, 0.25) is 0 Å². The van der Waals surface area contributed by atoms with E-state index in [-0.39, 0.29) is 17.8 Å². The second-order valence-electron chi connectivity index (χ2n) is 8.83. The summed E-state index contributed by atoms with van der Waals surface area (Å²) in [5, 5.41) is 13.1. The molecule has 1 atom stereocenters. The van der Waals surface area contributed by atoms with Gasteiger partial charge in [-0.3, -0.25) is 4.79 Å². The van der Waals surface area contributed by atoms with Gasteiger partial charge in [-0.25, -0.2) is 4.98 Å². The van der Waals surface area contributed by atoms with E-state index in [0.717, 1.165) is 33.1 Å². The van der Waals surface area contributed by atoms with Gasteiger partial charge < -0.3 is 14.6 Å². The van der Waals surface area contributed by atoms with Gasteiger partial charge in [-0.2, -0.15) is 0 Å². The largest absolute Gasteiger partial charge is 0.482 e. The number of rotatable bonds is 8. The molecular formula is C28H27N5O2S2. The summed E-state index contributed by atoms with van der Waals surface area (Å²) in [6.07, 6.45) is -0.278. The van der Waals surface area contributed by atoms with Crippen molar-refractivity contribution in [2.45, 2.75) is 32.0 Å². The Hall–Kier alpha value is -3.69. The normalized spacial score (nSPS) is 12.0. The van der Waals surface area contributed by atoms with Crippen LogP contribution in [0.15, 0.2) is 71.9 Å². The minimum Gasteiger partial charge on any atom is -0.482 e. The van der Waals surface area contributed by atoms with Gasteiger partial charge in [0.1, 0.15) is 10.8 Å². The zero-order valence-corrected chi connectivity index (χ0v) is 22.7. The average Bonchev–Trinajstić information content (AvgIpc) is 3.47. The van der Waals surface area contributed by atoms with Crippen molar-refractivity contribution in [2.24, 2.45) is 7.05 Å². The van der Waals surface area contributed by atoms with Crippen LogP contribution in [-0.2, 0) is 11.8 Å². The first-order valence-corrected chi connectivity index (χ1v) is 13.7. The third kappa shape index (κ3) is 5.68. The zero-order valence-electron chi connectivity index (χ0n) is 21.1. The van der Waals surface area contributed by atoms with E-state index in [9.17, 15) is 4.79 Å². The third-order valence-corrected chi connectivity index (χ3v) is 8.01. The molecule has 1 unspecified atom stereocenters. The minimum atomic E-state index is -0.278. The number of anilines is 1. The SMILES string of the molecule is Cc1ccc2nc(-c3ccc(NC(=O)CSc4nnc(C(C)Oc5ccccc5C)n4C)cc3)sc2c1. The van der Waals surface area contributed by atoms with Gasteiger partial charge >= 0.3 is 0 Å². The fourth-order valence-corrected chi connectivity index (χ4v) is 5.70. The van der Waals surface area contributed by atoms with Crippen molar-refractivity contribution in [1.82, 2.24) is 19.7 Å². The van der Waals surface area contributed by atoms with E-state index in [2.05, 4.69) is 40.6 Å². The maximum atomic E-state index is 12.6. The van der Waals surface area contributed by atoms with Gasteiger partial charge in [-0.15, -0.1) is 21.5 Å². The highest BCUT2D eigenvalue weighted by Crippen LogP contribution is 2.31. The van der Waals surface area contributed by atoms with Crippen LogP contribution in [0.4, 0.5) is 5.69 Å². The van der Waals surface area contributed by atoms with Crippen LogP contribution >= 0.6 is 23.1 Å². The summed E-state index contributed by atoms with van der Waals surface area (Å²) in [4.78, 5) is 17.3. The molecule has 0 saturated carbocycles. The first kappa shape index (κ1) is 25.0. The first-order chi connectivity index (χ1) is 17.9. The standard InChI is InChI=1S/C28H27N5O2S2/c1-17-9-14-22-24(15-17)37-27(30-22)20-10-12-21(13-11-20)29-25(34)16-36-28-32-31-26(33(28)4)19(3)35-23-8-6-5-7-18(23)2/h5-15,19H,16H2,1-4H3,(H,29,34). The quantitative estimate of drug-likeness (QED) is 0.229. The smallest absolute Gasteiger partial charge is 0.234 e. The molecule has 9 heteroatoms. The molecule has 0 spiro atoms. The van der Waals surface area contributed by atoms with Gasteiger partial charge in [0.2, 0.25) is 5.91 Å². The van der Waals surface area contributed by atoms with Crippen LogP contribution in [0.3, 0.4) is 0 Å². The summed E-state index contributed by atoms with van der Waals surface area (Å²) >= 11 is 3.01. The predicted octanol–water partition coefficient (Wildman–Crippen LogP) is 6.58. The van der Waals surface area contributed by atoms with E-state index < -0.39 is 0 Å². The Bertz CT molecular complexity index is 1560. The number of ether oxygens (including phenoxy) is 1. The number of hydrogen-bond acceptors (Lipinski definition) is 7. The highest BCUT2D eigenvalue weighted by Gasteiger charge is 2.18. The van der Waals surface area contributed by atoms with Crippen molar-refractivity contribution in [1.29, 1.82) is 0 Å². The average molecular weight is 530 g/mol. The van der Waals surface area contributed by atoms with Crippen LogP contribution in [0.25, 0.3) is 20.8 Å². The molecule has 0 saturated heterocycles. The Balaban J connectivity index is 1.17. The fourth-order valence-electron chi connectivity index (χ4n) is 3.92. The van der Waals surface area contributed by atoms with E-state index >= 15 is 0 Å². The van der Waals surface area contributed by atoms with E-state index in [4.69, 9.17) is 9.72 Å². The molecule has 1 amide bonds.